The smallest absolute Gasteiger partial charge is 0.338 e. The van der Waals surface area contributed by atoms with Crippen molar-refractivity contribution in [2.75, 3.05) is 47.1 Å². The Bertz CT molecular complexity index is 1860. The van der Waals surface area contributed by atoms with E-state index in [0.29, 0.717) is 60.2 Å². The zero-order valence-corrected chi connectivity index (χ0v) is 28.8. The van der Waals surface area contributed by atoms with Gasteiger partial charge in [-0.2, -0.15) is 0 Å². The van der Waals surface area contributed by atoms with E-state index in [-0.39, 0.29) is 30.3 Å². The molecule has 1 aromatic heterocycles. The zero-order valence-electron chi connectivity index (χ0n) is 26.4. The Morgan fingerprint density at radius 3 is 2.39 bits per heavy atom. The fourth-order valence-corrected chi connectivity index (χ4v) is 7.10. The molecule has 244 valence electrons. The number of carbonyl (C=O) groups is 2. The van der Waals surface area contributed by atoms with Gasteiger partial charge in [-0.15, -0.1) is 0 Å². The van der Waals surface area contributed by atoms with E-state index >= 15 is 0 Å². The Kier molecular flexibility index (Phi) is 10.5. The molecular weight excluding hydrogens is 678 g/mol. The Morgan fingerprint density at radius 2 is 1.72 bits per heavy atom. The molecule has 0 radical (unpaired) electrons. The number of hydrogen-bond acceptors (Lipinski definition) is 10. The van der Waals surface area contributed by atoms with Gasteiger partial charge in [0, 0.05) is 17.6 Å². The number of aromatic nitrogens is 1. The first-order valence-electron chi connectivity index (χ1n) is 15.0. The number of carbonyl (C=O) groups excluding carboxylic acids is 2. The highest BCUT2D eigenvalue weighted by atomic mass is 79.9. The maximum atomic E-state index is 14.1. The molecule has 3 heterocycles. The monoisotopic (exact) mass is 713 g/mol. The molecule has 0 saturated carbocycles. The van der Waals surface area contributed by atoms with Crippen LogP contribution in [-0.2, 0) is 14.3 Å². The van der Waals surface area contributed by atoms with Crippen LogP contribution in [0.4, 0.5) is 0 Å². The van der Waals surface area contributed by atoms with E-state index in [1.54, 1.807) is 55.2 Å². The third-order valence-corrected chi connectivity index (χ3v) is 9.36. The summed E-state index contributed by atoms with van der Waals surface area (Å²) in [6.45, 7) is 7.29. The first kappa shape index (κ1) is 33.3. The third-order valence-electron chi connectivity index (χ3n) is 7.69. The predicted octanol–water partition coefficient (Wildman–Crippen LogP) is 3.98. The van der Waals surface area contributed by atoms with Crippen molar-refractivity contribution in [3.05, 3.63) is 76.9 Å². The summed E-state index contributed by atoms with van der Waals surface area (Å²) >= 11 is 4.83. The fourth-order valence-electron chi connectivity index (χ4n) is 5.52. The summed E-state index contributed by atoms with van der Waals surface area (Å²) in [4.78, 5) is 46.9. The van der Waals surface area contributed by atoms with Crippen molar-refractivity contribution in [2.45, 2.75) is 39.7 Å². The van der Waals surface area contributed by atoms with E-state index in [0.717, 1.165) is 25.9 Å². The molecule has 2 aliphatic rings. The average Bonchev–Trinajstić information content (AvgIpc) is 3.68. The number of likely N-dealkylation sites (tertiary alicyclic amines) is 1. The maximum Gasteiger partial charge on any atom is 0.338 e. The number of nitrogens with zero attached hydrogens (tertiary/aromatic N) is 3. The lowest BCUT2D eigenvalue weighted by molar-refractivity contribution is -0.139. The van der Waals surface area contributed by atoms with Gasteiger partial charge < -0.3 is 28.6 Å². The van der Waals surface area contributed by atoms with Crippen molar-refractivity contribution < 1.29 is 33.3 Å². The van der Waals surface area contributed by atoms with Gasteiger partial charge in [0.2, 0.25) is 0 Å². The number of ether oxygens (including phenoxy) is 5. The Morgan fingerprint density at radius 1 is 1.00 bits per heavy atom. The highest BCUT2D eigenvalue weighted by Crippen LogP contribution is 2.41. The molecule has 0 bridgehead atoms. The molecule has 0 aliphatic carbocycles. The Hall–Kier alpha value is -4.10. The summed E-state index contributed by atoms with van der Waals surface area (Å²) in [7, 11) is 3.05. The molecule has 13 heteroatoms. The number of allylic oxidation sites excluding steroid dienone is 1. The molecule has 1 atom stereocenters. The summed E-state index contributed by atoms with van der Waals surface area (Å²) in [5, 5.41) is 0. The van der Waals surface area contributed by atoms with Gasteiger partial charge in [-0.3, -0.25) is 14.2 Å². The van der Waals surface area contributed by atoms with Crippen LogP contribution in [0.15, 0.2) is 55.9 Å². The fraction of sp³-hybridized carbons (Fsp3) is 0.394. The second-order valence-corrected chi connectivity index (χ2v) is 12.4. The molecule has 0 spiro atoms. The molecule has 1 saturated heterocycles. The molecule has 0 unspecified atom stereocenters. The van der Waals surface area contributed by atoms with E-state index in [4.69, 9.17) is 23.7 Å². The zero-order chi connectivity index (χ0) is 33.0. The molecule has 1 amide bonds. The Labute approximate surface area is 278 Å². The normalized spacial score (nSPS) is 16.2. The van der Waals surface area contributed by atoms with Crippen molar-refractivity contribution in [3.8, 4) is 23.0 Å². The van der Waals surface area contributed by atoms with Crippen LogP contribution in [0.5, 0.6) is 23.0 Å². The lowest BCUT2D eigenvalue weighted by Gasteiger charge is -2.26. The minimum Gasteiger partial charge on any atom is -0.493 e. The van der Waals surface area contributed by atoms with E-state index in [1.807, 2.05) is 6.92 Å². The van der Waals surface area contributed by atoms with Gasteiger partial charge in [0.15, 0.2) is 34.4 Å². The summed E-state index contributed by atoms with van der Waals surface area (Å²) in [5.74, 6) is 1.21. The van der Waals surface area contributed by atoms with Crippen LogP contribution < -0.4 is 33.8 Å². The van der Waals surface area contributed by atoms with Gasteiger partial charge in [-0.1, -0.05) is 33.3 Å². The summed E-state index contributed by atoms with van der Waals surface area (Å²) in [5.41, 5.74) is 1.65. The molecule has 5 rings (SSSR count). The van der Waals surface area contributed by atoms with Crippen molar-refractivity contribution in [2.24, 2.45) is 4.99 Å². The van der Waals surface area contributed by atoms with E-state index in [9.17, 15) is 14.4 Å². The third kappa shape index (κ3) is 6.70. The molecule has 2 aliphatic heterocycles. The Balaban J connectivity index is 1.58. The quantitative estimate of drug-likeness (QED) is 0.274. The minimum absolute atomic E-state index is 0.0571. The van der Waals surface area contributed by atoms with Crippen LogP contribution in [0.25, 0.3) is 6.08 Å². The average molecular weight is 715 g/mol. The van der Waals surface area contributed by atoms with E-state index in [2.05, 4.69) is 20.9 Å². The molecule has 2 aromatic carbocycles. The van der Waals surface area contributed by atoms with Crippen LogP contribution in [-0.4, -0.2) is 68.5 Å². The number of methoxy groups -OCH3 is 2. The van der Waals surface area contributed by atoms with Crippen LogP contribution in [0.2, 0.25) is 0 Å². The van der Waals surface area contributed by atoms with Gasteiger partial charge >= 0.3 is 5.97 Å². The van der Waals surface area contributed by atoms with Crippen molar-refractivity contribution >= 4 is 45.2 Å². The number of rotatable bonds is 11. The van der Waals surface area contributed by atoms with Crippen LogP contribution >= 0.6 is 27.3 Å². The largest absolute Gasteiger partial charge is 0.493 e. The van der Waals surface area contributed by atoms with Crippen molar-refractivity contribution in [1.29, 1.82) is 0 Å². The van der Waals surface area contributed by atoms with Crippen molar-refractivity contribution in [1.82, 2.24) is 9.47 Å². The number of hydrogen-bond donors (Lipinski definition) is 0. The van der Waals surface area contributed by atoms with Gasteiger partial charge in [0.05, 0.1) is 49.3 Å². The topological polar surface area (TPSA) is 118 Å². The minimum atomic E-state index is -0.852. The summed E-state index contributed by atoms with van der Waals surface area (Å²) in [6.07, 6.45) is 3.76. The first-order valence-corrected chi connectivity index (χ1v) is 16.6. The van der Waals surface area contributed by atoms with Gasteiger partial charge in [0.1, 0.15) is 0 Å². The van der Waals surface area contributed by atoms with Gasteiger partial charge in [-0.05, 0) is 75.1 Å². The summed E-state index contributed by atoms with van der Waals surface area (Å²) < 4.78 is 30.6. The van der Waals surface area contributed by atoms with E-state index in [1.165, 1.54) is 30.1 Å². The number of thiazole rings is 1. The number of halogens is 1. The number of amides is 1. The number of esters is 1. The van der Waals surface area contributed by atoms with E-state index < -0.39 is 12.0 Å². The van der Waals surface area contributed by atoms with Crippen molar-refractivity contribution in [3.63, 3.8) is 0 Å². The highest BCUT2D eigenvalue weighted by molar-refractivity contribution is 9.10. The maximum absolute atomic E-state index is 14.1. The molecule has 3 aromatic rings. The molecular formula is C33H36BrN3O8S. The lowest BCUT2D eigenvalue weighted by Crippen LogP contribution is -2.40. The van der Waals surface area contributed by atoms with Gasteiger partial charge in [-0.25, -0.2) is 9.79 Å². The standard InChI is InChI=1S/C33H36BrN3O8S/c1-6-43-26-14-20(10-11-23(26)45-18-28(38)36-12-8-9-13-36)15-27-31(39)37-30(21-16-24(41-4)25(42-5)17-22(21)34)29(32(40)44-7-2)19(3)35-33(37)46-27/h10-11,14-17,30H,6-9,12-13,18H2,1-5H3/b27-15+/t30-/m0/s1. The SMILES string of the molecule is CCOC(=O)C1=C(C)N=c2s/c(=C/c3ccc(OCC(=O)N4CCCC4)c(OCC)c3)c(=O)n2[C@H]1c1cc(OC)c(OC)cc1Br. The highest BCUT2D eigenvalue weighted by Gasteiger charge is 2.35. The first-order chi connectivity index (χ1) is 22.2. The van der Waals surface area contributed by atoms with Crippen LogP contribution in [0, 0.1) is 0 Å². The second-order valence-electron chi connectivity index (χ2n) is 10.5. The summed E-state index contributed by atoms with van der Waals surface area (Å²) in [6, 6.07) is 7.93. The lowest BCUT2D eigenvalue weighted by atomic mass is 9.95. The molecule has 1 fully saturated rings. The van der Waals surface area contributed by atoms with Crippen LogP contribution in [0.3, 0.4) is 0 Å². The molecule has 0 N–H and O–H groups in total. The van der Waals surface area contributed by atoms with Crippen LogP contribution in [0.1, 0.15) is 50.8 Å². The van der Waals surface area contributed by atoms with Gasteiger partial charge in [0.25, 0.3) is 11.5 Å². The number of benzene rings is 2. The predicted molar refractivity (Wildman–Crippen MR) is 177 cm³/mol. The molecule has 46 heavy (non-hydrogen) atoms. The second kappa shape index (κ2) is 14.5. The number of fused-ring (bicyclic) bond motifs is 1. The molecule has 11 nitrogen and oxygen atoms in total.